The van der Waals surface area contributed by atoms with Gasteiger partial charge in [-0.3, -0.25) is 4.79 Å². The van der Waals surface area contributed by atoms with Gasteiger partial charge in [-0.15, -0.1) is 0 Å². The van der Waals surface area contributed by atoms with Gasteiger partial charge in [-0.1, -0.05) is 0 Å². The summed E-state index contributed by atoms with van der Waals surface area (Å²) in [6.07, 6.45) is 5.35. The molecule has 1 saturated carbocycles. The lowest BCUT2D eigenvalue weighted by Gasteiger charge is -2.42. The number of rotatable bonds is 3. The first-order valence-corrected chi connectivity index (χ1v) is 8.01. The molecule has 2 N–H and O–H groups in total. The first-order chi connectivity index (χ1) is 10.7. The molecule has 0 bridgehead atoms. The van der Waals surface area contributed by atoms with E-state index in [2.05, 4.69) is 15.3 Å². The summed E-state index contributed by atoms with van der Waals surface area (Å²) in [6, 6.07) is -0.0842. The lowest BCUT2D eigenvalue weighted by Crippen LogP contribution is -2.55. The maximum atomic E-state index is 12.5. The molecule has 3 heterocycles. The van der Waals surface area contributed by atoms with Gasteiger partial charge >= 0.3 is 0 Å². The van der Waals surface area contributed by atoms with Crippen LogP contribution in [-0.2, 0) is 11.2 Å². The highest BCUT2D eigenvalue weighted by Crippen LogP contribution is 2.40. The summed E-state index contributed by atoms with van der Waals surface area (Å²) in [4.78, 5) is 25.3. The minimum Gasteiger partial charge on any atom is -0.394 e. The van der Waals surface area contributed by atoms with Crippen molar-refractivity contribution in [3.63, 3.8) is 0 Å². The molecule has 2 aliphatic heterocycles. The average molecular weight is 303 g/mol. The number of nitrogens with one attached hydrogen (secondary N) is 1. The van der Waals surface area contributed by atoms with Crippen molar-refractivity contribution in [1.29, 1.82) is 0 Å². The van der Waals surface area contributed by atoms with Crippen LogP contribution in [0.2, 0.25) is 0 Å². The minimum atomic E-state index is -0.551. The number of aryl methyl sites for hydroxylation is 1. The third kappa shape index (κ3) is 1.95. The second-order valence-corrected chi connectivity index (χ2v) is 6.34. The number of aliphatic hydroxyl groups is 1. The number of hydrogen-bond donors (Lipinski definition) is 2. The molecular weight excluding hydrogens is 282 g/mol. The normalized spacial score (nSPS) is 24.1. The Balaban J connectivity index is 1.78. The van der Waals surface area contributed by atoms with Crippen LogP contribution in [-0.4, -0.2) is 53.3 Å². The number of aromatic nitrogens is 2. The second-order valence-electron chi connectivity index (χ2n) is 6.34. The molecule has 4 rings (SSSR count). The summed E-state index contributed by atoms with van der Waals surface area (Å²) < 4.78 is 0. The van der Waals surface area contributed by atoms with Crippen molar-refractivity contribution in [1.82, 2.24) is 9.97 Å². The molecule has 1 aromatic rings. The Morgan fingerprint density at radius 1 is 1.32 bits per heavy atom. The molecule has 0 aromatic carbocycles. The molecule has 0 radical (unpaired) electrons. The van der Waals surface area contributed by atoms with Crippen LogP contribution >= 0.6 is 0 Å². The number of anilines is 3. The molecule has 1 fully saturated rings. The fraction of sp³-hybridized carbons (Fsp3) is 0.667. The van der Waals surface area contributed by atoms with E-state index in [0.717, 1.165) is 42.9 Å². The zero-order chi connectivity index (χ0) is 15.3. The highest BCUT2D eigenvalue weighted by atomic mass is 16.3. The fourth-order valence-corrected chi connectivity index (χ4v) is 3.42. The topological polar surface area (TPSA) is 81.6 Å². The highest BCUT2D eigenvalue weighted by Gasteiger charge is 2.40. The lowest BCUT2D eigenvalue weighted by molar-refractivity contribution is -0.121. The van der Waals surface area contributed by atoms with Gasteiger partial charge in [-0.05, 0) is 32.1 Å². The fourth-order valence-electron chi connectivity index (χ4n) is 3.42. The van der Waals surface area contributed by atoms with Gasteiger partial charge < -0.3 is 20.2 Å². The van der Waals surface area contributed by atoms with E-state index in [1.807, 2.05) is 7.05 Å². The van der Waals surface area contributed by atoms with Gasteiger partial charge in [0.2, 0.25) is 5.95 Å². The molecule has 3 aliphatic rings. The van der Waals surface area contributed by atoms with Gasteiger partial charge in [0.1, 0.15) is 11.7 Å². The van der Waals surface area contributed by atoms with E-state index in [4.69, 9.17) is 0 Å². The Morgan fingerprint density at radius 3 is 2.82 bits per heavy atom. The van der Waals surface area contributed by atoms with Crippen molar-refractivity contribution >= 4 is 23.4 Å². The monoisotopic (exact) mass is 303 g/mol. The number of carbonyl (C=O) groups is 1. The number of carbonyl (C=O) groups excluding carboxylic acids is 1. The molecule has 1 unspecified atom stereocenters. The summed E-state index contributed by atoms with van der Waals surface area (Å²) in [6.45, 7) is 0.484. The Bertz CT molecular complexity index is 616. The summed E-state index contributed by atoms with van der Waals surface area (Å²) in [5.41, 5.74) is 1.78. The van der Waals surface area contributed by atoms with Crippen LogP contribution in [0.5, 0.6) is 0 Å². The van der Waals surface area contributed by atoms with Gasteiger partial charge in [0, 0.05) is 19.6 Å². The number of aliphatic hydroxyl groups excluding tert-OH is 1. The van der Waals surface area contributed by atoms with Crippen molar-refractivity contribution in [2.24, 2.45) is 0 Å². The van der Waals surface area contributed by atoms with Crippen molar-refractivity contribution in [2.45, 2.75) is 44.2 Å². The molecule has 7 heteroatoms. The molecule has 1 atom stereocenters. The summed E-state index contributed by atoms with van der Waals surface area (Å²) in [7, 11) is 1.82. The van der Waals surface area contributed by atoms with Gasteiger partial charge in [0.15, 0.2) is 5.82 Å². The first kappa shape index (κ1) is 13.8. The van der Waals surface area contributed by atoms with Crippen LogP contribution in [0.3, 0.4) is 0 Å². The van der Waals surface area contributed by atoms with Crippen LogP contribution in [0.25, 0.3) is 0 Å². The van der Waals surface area contributed by atoms with E-state index in [1.165, 1.54) is 6.42 Å². The second kappa shape index (κ2) is 5.08. The molecule has 0 spiro atoms. The number of amides is 1. The average Bonchev–Trinajstić information content (AvgIpc) is 2.49. The van der Waals surface area contributed by atoms with Crippen molar-refractivity contribution in [3.8, 4) is 0 Å². The van der Waals surface area contributed by atoms with Crippen molar-refractivity contribution in [2.75, 3.05) is 35.3 Å². The maximum Gasteiger partial charge on any atom is 0.252 e. The van der Waals surface area contributed by atoms with Crippen molar-refractivity contribution in [3.05, 3.63) is 5.69 Å². The van der Waals surface area contributed by atoms with E-state index in [-0.39, 0.29) is 12.5 Å². The van der Waals surface area contributed by atoms with E-state index < -0.39 is 6.04 Å². The predicted octanol–water partition coefficient (Wildman–Crippen LogP) is 0.531. The lowest BCUT2D eigenvalue weighted by atomic mass is 9.93. The van der Waals surface area contributed by atoms with Crippen LogP contribution in [0, 0.1) is 0 Å². The largest absolute Gasteiger partial charge is 0.394 e. The molecular formula is C15H21N5O2. The van der Waals surface area contributed by atoms with Gasteiger partial charge in [0.25, 0.3) is 5.91 Å². The van der Waals surface area contributed by atoms with Crippen LogP contribution in [0.15, 0.2) is 0 Å². The van der Waals surface area contributed by atoms with Crippen LogP contribution in [0.4, 0.5) is 17.5 Å². The zero-order valence-electron chi connectivity index (χ0n) is 12.7. The molecule has 7 nitrogen and oxygen atoms in total. The summed E-state index contributed by atoms with van der Waals surface area (Å²) >= 11 is 0. The first-order valence-electron chi connectivity index (χ1n) is 8.01. The molecule has 118 valence electrons. The predicted molar refractivity (Wildman–Crippen MR) is 83.2 cm³/mol. The smallest absolute Gasteiger partial charge is 0.252 e. The number of hydrogen-bond acceptors (Lipinski definition) is 6. The quantitative estimate of drug-likeness (QED) is 0.848. The molecule has 22 heavy (non-hydrogen) atoms. The van der Waals surface area contributed by atoms with E-state index in [9.17, 15) is 9.90 Å². The third-order valence-corrected chi connectivity index (χ3v) is 4.97. The SMILES string of the molecule is CN1c2nc(NC3CCC3)nc3c2N(CCC3)C(=O)C1CO. The third-order valence-electron chi connectivity index (χ3n) is 4.97. The standard InChI is InChI=1S/C15H21N5O2/c1-19-11(8-21)14(22)20-7-3-6-10-12(20)13(19)18-15(17-10)16-9-4-2-5-9/h9,11,21H,2-8H2,1H3,(H,16,17,18). The molecule has 1 amide bonds. The van der Waals surface area contributed by atoms with Gasteiger partial charge in [-0.2, -0.15) is 4.98 Å². The number of likely N-dealkylation sites (N-methyl/N-ethyl adjacent to an activating group) is 1. The van der Waals surface area contributed by atoms with Crippen molar-refractivity contribution < 1.29 is 9.90 Å². The molecule has 1 aliphatic carbocycles. The Labute approximate surface area is 129 Å². The molecule has 0 saturated heterocycles. The maximum absolute atomic E-state index is 12.5. The van der Waals surface area contributed by atoms with E-state index >= 15 is 0 Å². The number of nitrogens with zero attached hydrogens (tertiary/aromatic N) is 4. The van der Waals surface area contributed by atoms with Gasteiger partial charge in [-0.25, -0.2) is 4.98 Å². The highest BCUT2D eigenvalue weighted by molar-refractivity contribution is 6.05. The summed E-state index contributed by atoms with van der Waals surface area (Å²) in [5.74, 6) is 1.35. The van der Waals surface area contributed by atoms with Crippen LogP contribution in [0.1, 0.15) is 31.4 Å². The van der Waals surface area contributed by atoms with E-state index in [0.29, 0.717) is 18.5 Å². The Morgan fingerprint density at radius 2 is 2.14 bits per heavy atom. The van der Waals surface area contributed by atoms with Crippen LogP contribution < -0.4 is 15.1 Å². The van der Waals surface area contributed by atoms with Gasteiger partial charge in [0.05, 0.1) is 12.3 Å². The minimum absolute atomic E-state index is 0.0539. The molecule has 1 aromatic heterocycles. The van der Waals surface area contributed by atoms with E-state index in [1.54, 1.807) is 9.80 Å². The summed E-state index contributed by atoms with van der Waals surface area (Å²) in [5, 5.41) is 13.0. The Kier molecular flexibility index (Phi) is 3.18. The Hall–Kier alpha value is -1.89. The zero-order valence-corrected chi connectivity index (χ0v) is 12.7.